The van der Waals surface area contributed by atoms with Crippen molar-refractivity contribution in [2.24, 2.45) is 11.3 Å². The molecule has 2 aromatic heterocycles. The monoisotopic (exact) mass is 689 g/mol. The molecule has 5 aliphatic rings. The zero-order valence-corrected chi connectivity index (χ0v) is 29.6. The van der Waals surface area contributed by atoms with E-state index in [4.69, 9.17) is 26.1 Å². The topological polar surface area (TPSA) is 110 Å². The van der Waals surface area contributed by atoms with Crippen LogP contribution in [0.2, 0.25) is 5.02 Å². The maximum atomic E-state index is 14.6. The molecule has 1 aliphatic heterocycles. The Kier molecular flexibility index (Phi) is 9.39. The van der Waals surface area contributed by atoms with Crippen LogP contribution in [-0.4, -0.2) is 69.3 Å². The maximum Gasteiger partial charge on any atom is 0.412 e. The van der Waals surface area contributed by atoms with Crippen molar-refractivity contribution < 1.29 is 24.2 Å². The van der Waals surface area contributed by atoms with E-state index in [0.717, 1.165) is 49.7 Å². The molecule has 8 rings (SSSR count). The number of aliphatic hydroxyl groups excluding tert-OH is 1. The number of hydrogen-bond donors (Lipinski definition) is 1. The minimum Gasteiger partial charge on any atom is -0.495 e. The molecule has 4 aliphatic carbocycles. The van der Waals surface area contributed by atoms with E-state index >= 15 is 0 Å². The fourth-order valence-corrected chi connectivity index (χ4v) is 8.75. The second-order valence-electron chi connectivity index (χ2n) is 15.1. The number of pyridine rings is 1. The molecule has 1 atom stereocenters. The Morgan fingerprint density at radius 3 is 2.35 bits per heavy atom. The fraction of sp³-hybridized carbons (Fsp3) is 0.579. The lowest BCUT2D eigenvalue weighted by Gasteiger charge is -2.55. The van der Waals surface area contributed by atoms with E-state index in [1.807, 2.05) is 40.2 Å². The van der Waals surface area contributed by atoms with Crippen molar-refractivity contribution in [1.29, 1.82) is 0 Å². The van der Waals surface area contributed by atoms with Gasteiger partial charge in [-0.25, -0.2) is 9.78 Å². The van der Waals surface area contributed by atoms with Gasteiger partial charge in [0.05, 0.1) is 18.3 Å². The number of carbonyl (C=O) groups is 2. The number of halogens is 1. The van der Waals surface area contributed by atoms with Gasteiger partial charge in [-0.3, -0.25) is 19.3 Å². The van der Waals surface area contributed by atoms with Crippen LogP contribution in [0, 0.1) is 11.3 Å². The van der Waals surface area contributed by atoms with Gasteiger partial charge in [0.25, 0.3) is 0 Å². The van der Waals surface area contributed by atoms with E-state index in [9.17, 15) is 14.7 Å². The zero-order valence-electron chi connectivity index (χ0n) is 28.8. The minimum atomic E-state index is -0.750. The summed E-state index contributed by atoms with van der Waals surface area (Å²) in [6.45, 7) is 5.36. The predicted molar refractivity (Wildman–Crippen MR) is 188 cm³/mol. The highest BCUT2D eigenvalue weighted by atomic mass is 35.5. The van der Waals surface area contributed by atoms with Crippen LogP contribution in [0.3, 0.4) is 0 Å². The number of fused-ring (bicyclic) bond motifs is 3. The summed E-state index contributed by atoms with van der Waals surface area (Å²) in [7, 11) is 1.64. The molecular weight excluding hydrogens is 642 g/mol. The van der Waals surface area contributed by atoms with Crippen molar-refractivity contribution in [1.82, 2.24) is 19.7 Å². The normalized spacial score (nSPS) is 27.9. The van der Waals surface area contributed by atoms with Crippen LogP contribution < -0.4 is 9.64 Å². The summed E-state index contributed by atoms with van der Waals surface area (Å²) in [5.74, 6) is 1.30. The van der Waals surface area contributed by atoms with Gasteiger partial charge in [-0.1, -0.05) is 17.7 Å². The maximum absolute atomic E-state index is 14.6. The van der Waals surface area contributed by atoms with E-state index in [-0.39, 0.29) is 34.8 Å². The first kappa shape index (κ1) is 33.8. The molecule has 262 valence electrons. The number of anilines is 1. The number of amides is 2. The number of ether oxygens (including phenoxy) is 2. The summed E-state index contributed by atoms with van der Waals surface area (Å²) < 4.78 is 13.1. The standard InChI is InChI=1S/C38H48ClN5O5/c1-25(2)44-23-28(22-41-44)27-10-18-40-33(20-27)43(35(46)26-4-7-30(8-5-26)49-36(47)42-19-11-34(42)45)24-37-12-15-38(16-13-37,17-14-37)29-6-9-32(48-3)31(39)21-29/h6,9-10,18,20-23,25-26,30,34,45H,4-5,7-8,11-17,19,24H2,1-3H3. The number of aliphatic hydroxyl groups is 1. The molecule has 1 saturated heterocycles. The molecule has 3 aromatic rings. The Morgan fingerprint density at radius 2 is 1.76 bits per heavy atom. The Bertz CT molecular complexity index is 1660. The average molecular weight is 690 g/mol. The quantitative estimate of drug-likeness (QED) is 0.247. The van der Waals surface area contributed by atoms with Crippen molar-refractivity contribution in [3.8, 4) is 16.9 Å². The van der Waals surface area contributed by atoms with Crippen LogP contribution in [0.4, 0.5) is 10.6 Å². The third-order valence-electron chi connectivity index (χ3n) is 11.9. The lowest BCUT2D eigenvalue weighted by Crippen LogP contribution is -2.52. The van der Waals surface area contributed by atoms with Gasteiger partial charge in [0, 0.05) is 49.4 Å². The van der Waals surface area contributed by atoms with Crippen LogP contribution in [-0.2, 0) is 14.9 Å². The summed E-state index contributed by atoms with van der Waals surface area (Å²) in [4.78, 5) is 35.2. The molecule has 1 aromatic carbocycles. The van der Waals surface area contributed by atoms with Crippen LogP contribution in [0.1, 0.15) is 96.1 Å². The van der Waals surface area contributed by atoms with Gasteiger partial charge in [0.2, 0.25) is 5.91 Å². The van der Waals surface area contributed by atoms with E-state index in [2.05, 4.69) is 31.1 Å². The molecule has 0 radical (unpaired) electrons. The Labute approximate surface area is 293 Å². The number of likely N-dealkylation sites (tertiary alicyclic amines) is 1. The van der Waals surface area contributed by atoms with Gasteiger partial charge in [-0.2, -0.15) is 5.10 Å². The van der Waals surface area contributed by atoms with Gasteiger partial charge < -0.3 is 14.6 Å². The molecule has 0 spiro atoms. The highest BCUT2D eigenvalue weighted by molar-refractivity contribution is 6.32. The van der Waals surface area contributed by atoms with Gasteiger partial charge in [0.1, 0.15) is 23.9 Å². The summed E-state index contributed by atoms with van der Waals surface area (Å²) in [5, 5.41) is 15.0. The van der Waals surface area contributed by atoms with Crippen LogP contribution in [0.25, 0.3) is 11.1 Å². The number of aromatic nitrogens is 3. The van der Waals surface area contributed by atoms with Gasteiger partial charge in [-0.15, -0.1) is 0 Å². The highest BCUT2D eigenvalue weighted by Crippen LogP contribution is 2.58. The molecule has 4 saturated carbocycles. The van der Waals surface area contributed by atoms with E-state index in [0.29, 0.717) is 61.8 Å². The van der Waals surface area contributed by atoms with Gasteiger partial charge in [0.15, 0.2) is 0 Å². The second kappa shape index (κ2) is 13.6. The molecule has 11 heteroatoms. The predicted octanol–water partition coefficient (Wildman–Crippen LogP) is 7.53. The fourth-order valence-electron chi connectivity index (χ4n) is 8.50. The van der Waals surface area contributed by atoms with Crippen molar-refractivity contribution in [2.45, 2.75) is 108 Å². The first-order valence-corrected chi connectivity index (χ1v) is 18.3. The number of carbonyl (C=O) groups excluding carboxylic acids is 2. The summed E-state index contributed by atoms with van der Waals surface area (Å²) >= 11 is 6.57. The van der Waals surface area contributed by atoms with Crippen molar-refractivity contribution in [3.63, 3.8) is 0 Å². The summed E-state index contributed by atoms with van der Waals surface area (Å²) in [6.07, 6.45) is 13.7. The number of methoxy groups -OCH3 is 1. The number of rotatable bonds is 9. The van der Waals surface area contributed by atoms with Crippen molar-refractivity contribution in [3.05, 3.63) is 59.5 Å². The molecule has 49 heavy (non-hydrogen) atoms. The number of benzene rings is 1. The Morgan fingerprint density at radius 1 is 1.02 bits per heavy atom. The van der Waals surface area contributed by atoms with Gasteiger partial charge in [-0.05, 0) is 124 Å². The van der Waals surface area contributed by atoms with Crippen molar-refractivity contribution >= 4 is 29.4 Å². The van der Waals surface area contributed by atoms with Crippen LogP contribution in [0.15, 0.2) is 48.9 Å². The average Bonchev–Trinajstić information content (AvgIpc) is 3.62. The lowest BCUT2D eigenvalue weighted by molar-refractivity contribution is -0.125. The molecule has 2 bridgehead atoms. The van der Waals surface area contributed by atoms with Crippen molar-refractivity contribution in [2.75, 3.05) is 25.1 Å². The van der Waals surface area contributed by atoms with Crippen LogP contribution >= 0.6 is 11.6 Å². The largest absolute Gasteiger partial charge is 0.495 e. The molecule has 2 amide bonds. The zero-order chi connectivity index (χ0) is 34.3. The molecule has 5 fully saturated rings. The summed E-state index contributed by atoms with van der Waals surface area (Å²) in [6, 6.07) is 10.5. The molecule has 3 heterocycles. The molecule has 10 nitrogen and oxygen atoms in total. The first-order valence-electron chi connectivity index (χ1n) is 17.9. The SMILES string of the molecule is COc1ccc(C23CCC(CN(C(=O)C4CCC(OC(=O)N5CCC5O)CC4)c4cc(-c5cnn(C(C)C)c5)ccn4)(CC2)CC3)cc1Cl. The molecule has 1 N–H and O–H groups in total. The number of hydrogen-bond acceptors (Lipinski definition) is 7. The number of nitrogens with zero attached hydrogens (tertiary/aromatic N) is 5. The highest BCUT2D eigenvalue weighted by Gasteiger charge is 2.51. The lowest BCUT2D eigenvalue weighted by atomic mass is 9.51. The molecule has 1 unspecified atom stereocenters. The molecular formula is C38H48ClN5O5. The van der Waals surface area contributed by atoms with E-state index in [1.54, 1.807) is 13.3 Å². The first-order chi connectivity index (χ1) is 23.6. The van der Waals surface area contributed by atoms with E-state index < -0.39 is 12.3 Å². The third kappa shape index (κ3) is 6.66. The summed E-state index contributed by atoms with van der Waals surface area (Å²) in [5.41, 5.74) is 3.38. The Balaban J connectivity index is 1.10. The Hall–Kier alpha value is -3.63. The third-order valence-corrected chi connectivity index (χ3v) is 12.2. The smallest absolute Gasteiger partial charge is 0.412 e. The van der Waals surface area contributed by atoms with Crippen LogP contribution in [0.5, 0.6) is 5.75 Å². The second-order valence-corrected chi connectivity index (χ2v) is 15.5. The van der Waals surface area contributed by atoms with E-state index in [1.165, 1.54) is 10.5 Å². The minimum absolute atomic E-state index is 0.0126. The van der Waals surface area contributed by atoms with Gasteiger partial charge >= 0.3 is 6.09 Å².